The molecule has 0 aliphatic rings. The van der Waals surface area contributed by atoms with E-state index in [2.05, 4.69) is 18.7 Å². The van der Waals surface area contributed by atoms with Crippen molar-refractivity contribution in [1.29, 1.82) is 0 Å². The number of hydrogen-bond acceptors (Lipinski definition) is 1. The highest BCUT2D eigenvalue weighted by atomic mass is 16.1. The third-order valence-electron chi connectivity index (χ3n) is 2.53. The molecule has 0 spiro atoms. The average molecular weight is 202 g/mol. The molecule has 0 fully saturated rings. The van der Waals surface area contributed by atoms with Crippen molar-refractivity contribution in [3.05, 3.63) is 48.0 Å². The first-order valence-corrected chi connectivity index (χ1v) is 5.49. The molecule has 0 heterocycles. The predicted octanol–water partition coefficient (Wildman–Crippen LogP) is 3.54. The maximum Gasteiger partial charge on any atom is 0.158 e. The van der Waals surface area contributed by atoms with Gasteiger partial charge in [-0.15, -0.1) is 0 Å². The summed E-state index contributed by atoms with van der Waals surface area (Å²) >= 11 is 0. The number of allylic oxidation sites excluding steroid dienone is 1. The van der Waals surface area contributed by atoms with Gasteiger partial charge in [0.2, 0.25) is 0 Å². The Kier molecular flexibility index (Phi) is 4.82. The summed E-state index contributed by atoms with van der Waals surface area (Å²) in [6.07, 6.45) is 3.29. The highest BCUT2D eigenvalue weighted by molar-refractivity contribution is 5.94. The standard InChI is InChI=1S/C14H18O/c1-3-12(2)14(15)11-7-10-13-8-5-4-6-9-13/h4-6,8-9H,2-3,7,10-11H2,1H3. The molecule has 1 aromatic carbocycles. The van der Waals surface area contributed by atoms with E-state index in [4.69, 9.17) is 0 Å². The Bertz CT molecular complexity index is 324. The number of aryl methyl sites for hydroxylation is 1. The van der Waals surface area contributed by atoms with E-state index in [0.29, 0.717) is 6.42 Å². The normalized spacial score (nSPS) is 9.93. The molecule has 0 unspecified atom stereocenters. The van der Waals surface area contributed by atoms with Gasteiger partial charge in [-0.1, -0.05) is 43.8 Å². The summed E-state index contributed by atoms with van der Waals surface area (Å²) < 4.78 is 0. The summed E-state index contributed by atoms with van der Waals surface area (Å²) in [5.41, 5.74) is 2.05. The molecule has 0 atom stereocenters. The van der Waals surface area contributed by atoms with Crippen LogP contribution in [0.5, 0.6) is 0 Å². The molecular weight excluding hydrogens is 184 g/mol. The Morgan fingerprint density at radius 1 is 1.27 bits per heavy atom. The number of rotatable bonds is 6. The van der Waals surface area contributed by atoms with Crippen LogP contribution in [0.2, 0.25) is 0 Å². The molecular formula is C14H18O. The van der Waals surface area contributed by atoms with E-state index >= 15 is 0 Å². The quantitative estimate of drug-likeness (QED) is 0.645. The van der Waals surface area contributed by atoms with Gasteiger partial charge in [-0.05, 0) is 30.4 Å². The zero-order chi connectivity index (χ0) is 11.1. The minimum absolute atomic E-state index is 0.216. The molecule has 0 bridgehead atoms. The van der Waals surface area contributed by atoms with Crippen molar-refractivity contribution in [3.8, 4) is 0 Å². The maximum absolute atomic E-state index is 11.5. The van der Waals surface area contributed by atoms with E-state index in [9.17, 15) is 4.79 Å². The Labute approximate surface area is 91.8 Å². The van der Waals surface area contributed by atoms with Gasteiger partial charge < -0.3 is 0 Å². The molecule has 0 radical (unpaired) electrons. The lowest BCUT2D eigenvalue weighted by atomic mass is 10.0. The summed E-state index contributed by atoms with van der Waals surface area (Å²) in [6, 6.07) is 10.3. The van der Waals surface area contributed by atoms with Crippen LogP contribution >= 0.6 is 0 Å². The molecule has 0 amide bonds. The van der Waals surface area contributed by atoms with Gasteiger partial charge in [0.05, 0.1) is 0 Å². The molecule has 1 rings (SSSR count). The van der Waals surface area contributed by atoms with Gasteiger partial charge in [0.15, 0.2) is 5.78 Å². The number of carbonyl (C=O) groups is 1. The molecule has 0 N–H and O–H groups in total. The van der Waals surface area contributed by atoms with Crippen LogP contribution in [0.3, 0.4) is 0 Å². The largest absolute Gasteiger partial charge is 0.295 e. The van der Waals surface area contributed by atoms with Crippen LogP contribution in [-0.2, 0) is 11.2 Å². The molecule has 80 valence electrons. The van der Waals surface area contributed by atoms with Gasteiger partial charge in [-0.25, -0.2) is 0 Å². The number of ketones is 1. The number of Topliss-reactive ketones (excluding diaryl/α,β-unsaturated/α-hetero) is 1. The SMILES string of the molecule is C=C(CC)C(=O)CCCc1ccccc1. The van der Waals surface area contributed by atoms with Crippen molar-refractivity contribution in [2.24, 2.45) is 0 Å². The Hall–Kier alpha value is -1.37. The fraction of sp³-hybridized carbons (Fsp3) is 0.357. The van der Waals surface area contributed by atoms with Crippen molar-refractivity contribution in [2.45, 2.75) is 32.6 Å². The van der Waals surface area contributed by atoms with Gasteiger partial charge in [-0.3, -0.25) is 4.79 Å². The Balaban J connectivity index is 2.28. The van der Waals surface area contributed by atoms with Gasteiger partial charge in [0, 0.05) is 6.42 Å². The van der Waals surface area contributed by atoms with Crippen LogP contribution in [0.15, 0.2) is 42.5 Å². The molecule has 0 aliphatic heterocycles. The highest BCUT2D eigenvalue weighted by Crippen LogP contribution is 2.08. The first kappa shape index (κ1) is 11.7. The predicted molar refractivity (Wildman–Crippen MR) is 63.8 cm³/mol. The lowest BCUT2D eigenvalue weighted by molar-refractivity contribution is -0.115. The summed E-state index contributed by atoms with van der Waals surface area (Å²) in [5, 5.41) is 0. The van der Waals surface area contributed by atoms with Crippen LogP contribution in [0, 0.1) is 0 Å². The van der Waals surface area contributed by atoms with Gasteiger partial charge in [-0.2, -0.15) is 0 Å². The third-order valence-corrected chi connectivity index (χ3v) is 2.53. The summed E-state index contributed by atoms with van der Waals surface area (Å²) in [6.45, 7) is 5.72. The van der Waals surface area contributed by atoms with E-state index in [1.165, 1.54) is 5.56 Å². The molecule has 15 heavy (non-hydrogen) atoms. The average Bonchev–Trinajstić information content (AvgIpc) is 2.29. The Morgan fingerprint density at radius 2 is 1.93 bits per heavy atom. The molecule has 1 aromatic rings. The maximum atomic E-state index is 11.5. The van der Waals surface area contributed by atoms with Gasteiger partial charge >= 0.3 is 0 Å². The first-order chi connectivity index (χ1) is 7.24. The zero-order valence-corrected chi connectivity index (χ0v) is 9.33. The summed E-state index contributed by atoms with van der Waals surface area (Å²) in [4.78, 5) is 11.5. The minimum Gasteiger partial charge on any atom is -0.295 e. The monoisotopic (exact) mass is 202 g/mol. The third kappa shape index (κ3) is 4.11. The van der Waals surface area contributed by atoms with Crippen LogP contribution in [-0.4, -0.2) is 5.78 Å². The smallest absolute Gasteiger partial charge is 0.158 e. The Morgan fingerprint density at radius 3 is 2.53 bits per heavy atom. The second-order valence-electron chi connectivity index (χ2n) is 3.72. The lowest BCUT2D eigenvalue weighted by Crippen LogP contribution is -2.01. The summed E-state index contributed by atoms with van der Waals surface area (Å²) in [5.74, 6) is 0.216. The lowest BCUT2D eigenvalue weighted by Gasteiger charge is -2.02. The van der Waals surface area contributed by atoms with Crippen LogP contribution in [0.1, 0.15) is 31.7 Å². The second-order valence-corrected chi connectivity index (χ2v) is 3.72. The topological polar surface area (TPSA) is 17.1 Å². The fourth-order valence-electron chi connectivity index (χ4n) is 1.47. The van der Waals surface area contributed by atoms with E-state index < -0.39 is 0 Å². The van der Waals surface area contributed by atoms with E-state index in [0.717, 1.165) is 24.8 Å². The molecule has 1 heteroatoms. The molecule has 0 saturated heterocycles. The van der Waals surface area contributed by atoms with Crippen molar-refractivity contribution in [2.75, 3.05) is 0 Å². The first-order valence-electron chi connectivity index (χ1n) is 5.49. The van der Waals surface area contributed by atoms with Crippen molar-refractivity contribution >= 4 is 5.78 Å². The molecule has 0 aliphatic carbocycles. The number of carbonyl (C=O) groups excluding carboxylic acids is 1. The van der Waals surface area contributed by atoms with Crippen molar-refractivity contribution in [3.63, 3.8) is 0 Å². The number of hydrogen-bond donors (Lipinski definition) is 0. The second kappa shape index (κ2) is 6.18. The van der Waals surface area contributed by atoms with E-state index in [1.807, 2.05) is 25.1 Å². The van der Waals surface area contributed by atoms with Crippen molar-refractivity contribution in [1.82, 2.24) is 0 Å². The molecule has 1 nitrogen and oxygen atoms in total. The number of benzene rings is 1. The van der Waals surface area contributed by atoms with Gasteiger partial charge in [0.25, 0.3) is 0 Å². The highest BCUT2D eigenvalue weighted by Gasteiger charge is 2.04. The molecule has 0 saturated carbocycles. The molecule has 0 aromatic heterocycles. The minimum atomic E-state index is 0.216. The van der Waals surface area contributed by atoms with Gasteiger partial charge in [0.1, 0.15) is 0 Å². The van der Waals surface area contributed by atoms with Crippen LogP contribution < -0.4 is 0 Å². The van der Waals surface area contributed by atoms with E-state index in [-0.39, 0.29) is 5.78 Å². The zero-order valence-electron chi connectivity index (χ0n) is 9.33. The van der Waals surface area contributed by atoms with Crippen molar-refractivity contribution < 1.29 is 4.79 Å². The van der Waals surface area contributed by atoms with Crippen LogP contribution in [0.25, 0.3) is 0 Å². The van der Waals surface area contributed by atoms with Crippen LogP contribution in [0.4, 0.5) is 0 Å². The van der Waals surface area contributed by atoms with E-state index in [1.54, 1.807) is 0 Å². The summed E-state index contributed by atoms with van der Waals surface area (Å²) in [7, 11) is 0. The fourth-order valence-corrected chi connectivity index (χ4v) is 1.47.